The first-order valence-corrected chi connectivity index (χ1v) is 4.94. The highest BCUT2D eigenvalue weighted by atomic mass is 16.3. The second-order valence-corrected chi connectivity index (χ2v) is 4.81. The van der Waals surface area contributed by atoms with Crippen LogP contribution in [-0.2, 0) is 7.05 Å². The zero-order chi connectivity index (χ0) is 12.3. The van der Waals surface area contributed by atoms with E-state index in [1.165, 1.54) is 5.56 Å². The highest BCUT2D eigenvalue weighted by Gasteiger charge is 2.31. The minimum Gasteiger partial charge on any atom is -0.387 e. The smallest absolute Gasteiger partial charge is 0.0872 e. The third-order valence-corrected chi connectivity index (χ3v) is 2.33. The Hall–Kier alpha value is -0.870. The number of hydrogen-bond acceptors (Lipinski definition) is 3. The summed E-state index contributed by atoms with van der Waals surface area (Å²) < 4.78 is 1.79. The van der Waals surface area contributed by atoms with Crippen molar-refractivity contribution in [2.75, 3.05) is 0 Å². The Morgan fingerprint density at radius 2 is 1.53 bits per heavy atom. The van der Waals surface area contributed by atoms with E-state index in [1.54, 1.807) is 32.4 Å². The molecule has 4 nitrogen and oxygen atoms in total. The summed E-state index contributed by atoms with van der Waals surface area (Å²) in [6.45, 7) is 8.33. The predicted octanol–water partition coefficient (Wildman–Crippen LogP) is 1.26. The molecule has 0 aliphatic heterocycles. The molecule has 0 amide bonds. The van der Waals surface area contributed by atoms with Crippen LogP contribution in [0, 0.1) is 6.92 Å². The third kappa shape index (κ3) is 5.54. The van der Waals surface area contributed by atoms with Crippen molar-refractivity contribution in [3.63, 3.8) is 0 Å². The molecule has 0 saturated heterocycles. The molecule has 1 heterocycles. The number of aliphatic hydroxyl groups is 2. The van der Waals surface area contributed by atoms with Crippen LogP contribution in [0.4, 0.5) is 0 Å². The minimum absolute atomic E-state index is 1.01. The zero-order valence-corrected chi connectivity index (χ0v) is 10.4. The lowest BCUT2D eigenvalue weighted by Gasteiger charge is -2.31. The molecule has 0 aliphatic carbocycles. The topological polar surface area (TPSA) is 58.3 Å². The molecule has 1 rings (SSSR count). The molecule has 0 spiro atoms. The molecule has 1 aromatic heterocycles. The minimum atomic E-state index is -1.01. The number of hydrogen-bond donors (Lipinski definition) is 2. The van der Waals surface area contributed by atoms with Crippen molar-refractivity contribution in [3.05, 3.63) is 18.0 Å². The zero-order valence-electron chi connectivity index (χ0n) is 10.4. The Kier molecular flexibility index (Phi) is 4.49. The van der Waals surface area contributed by atoms with Crippen molar-refractivity contribution in [2.45, 2.75) is 45.8 Å². The van der Waals surface area contributed by atoms with Crippen LogP contribution >= 0.6 is 0 Å². The van der Waals surface area contributed by atoms with Crippen molar-refractivity contribution in [1.82, 2.24) is 9.78 Å². The van der Waals surface area contributed by atoms with Crippen LogP contribution in [0.15, 0.2) is 12.4 Å². The van der Waals surface area contributed by atoms with Gasteiger partial charge in [0.1, 0.15) is 0 Å². The van der Waals surface area contributed by atoms with Crippen LogP contribution in [0.2, 0.25) is 0 Å². The molecular formula is C11H22N2O2. The maximum atomic E-state index is 9.10. The molecule has 0 unspecified atom stereocenters. The molecule has 0 aromatic carbocycles. The second-order valence-electron chi connectivity index (χ2n) is 4.81. The molecule has 0 bridgehead atoms. The van der Waals surface area contributed by atoms with Gasteiger partial charge in [0.05, 0.1) is 17.4 Å². The maximum absolute atomic E-state index is 9.10. The molecule has 15 heavy (non-hydrogen) atoms. The number of aryl methyl sites for hydroxylation is 2. The number of rotatable bonds is 1. The molecule has 1 aromatic rings. The Labute approximate surface area is 91.6 Å². The molecule has 0 fully saturated rings. The summed E-state index contributed by atoms with van der Waals surface area (Å²) in [5.74, 6) is 0. The van der Waals surface area contributed by atoms with Gasteiger partial charge >= 0.3 is 0 Å². The Morgan fingerprint density at radius 3 is 1.60 bits per heavy atom. The normalized spacial score (nSPS) is 12.0. The van der Waals surface area contributed by atoms with E-state index < -0.39 is 11.2 Å². The Balaban J connectivity index is 0.000000262. The molecule has 2 N–H and O–H groups in total. The highest BCUT2D eigenvalue weighted by molar-refractivity contribution is 4.98. The van der Waals surface area contributed by atoms with Crippen LogP contribution in [0.1, 0.15) is 33.3 Å². The van der Waals surface area contributed by atoms with Gasteiger partial charge in [0.15, 0.2) is 0 Å². The lowest BCUT2D eigenvalue weighted by Crippen LogP contribution is -2.44. The molecule has 0 aliphatic rings. The average molecular weight is 214 g/mol. The van der Waals surface area contributed by atoms with Gasteiger partial charge in [-0.05, 0) is 40.2 Å². The maximum Gasteiger partial charge on any atom is 0.0872 e. The average Bonchev–Trinajstić information content (AvgIpc) is 2.31. The fourth-order valence-corrected chi connectivity index (χ4v) is 0.544. The first kappa shape index (κ1) is 14.1. The van der Waals surface area contributed by atoms with Gasteiger partial charge in [-0.3, -0.25) is 4.68 Å². The van der Waals surface area contributed by atoms with Crippen LogP contribution in [0.3, 0.4) is 0 Å². The van der Waals surface area contributed by atoms with Crippen molar-refractivity contribution in [3.8, 4) is 0 Å². The SMILES string of the molecule is CC(C)(O)C(C)(C)O.Cc1cnn(C)c1. The van der Waals surface area contributed by atoms with E-state index in [9.17, 15) is 0 Å². The standard InChI is InChI=1S/C6H14O2.C5H8N2/c1-5(2,7)6(3,4)8;1-5-3-6-7(2)4-5/h7-8H,1-4H3;3-4H,1-2H3. The van der Waals surface area contributed by atoms with Crippen LogP contribution in [0.25, 0.3) is 0 Å². The van der Waals surface area contributed by atoms with Crippen molar-refractivity contribution in [1.29, 1.82) is 0 Å². The van der Waals surface area contributed by atoms with Gasteiger partial charge in [-0.2, -0.15) is 5.10 Å². The molecule has 0 saturated carbocycles. The van der Waals surface area contributed by atoms with Gasteiger partial charge in [-0.25, -0.2) is 0 Å². The van der Waals surface area contributed by atoms with Crippen LogP contribution < -0.4 is 0 Å². The van der Waals surface area contributed by atoms with E-state index in [4.69, 9.17) is 10.2 Å². The van der Waals surface area contributed by atoms with Gasteiger partial charge in [-0.1, -0.05) is 0 Å². The van der Waals surface area contributed by atoms with E-state index in [0.29, 0.717) is 0 Å². The lowest BCUT2D eigenvalue weighted by atomic mass is 9.90. The first-order chi connectivity index (χ1) is 6.54. The van der Waals surface area contributed by atoms with Crippen LogP contribution in [0.5, 0.6) is 0 Å². The largest absolute Gasteiger partial charge is 0.387 e. The Morgan fingerprint density at radius 1 is 1.13 bits per heavy atom. The first-order valence-electron chi connectivity index (χ1n) is 4.94. The van der Waals surface area contributed by atoms with E-state index in [-0.39, 0.29) is 0 Å². The van der Waals surface area contributed by atoms with Gasteiger partial charge in [-0.15, -0.1) is 0 Å². The summed E-state index contributed by atoms with van der Waals surface area (Å²) in [5.41, 5.74) is -0.803. The summed E-state index contributed by atoms with van der Waals surface area (Å²) in [6, 6.07) is 0. The number of nitrogens with zero attached hydrogens (tertiary/aromatic N) is 2. The monoisotopic (exact) mass is 214 g/mol. The summed E-state index contributed by atoms with van der Waals surface area (Å²) in [7, 11) is 1.91. The van der Waals surface area contributed by atoms with Crippen molar-refractivity contribution in [2.24, 2.45) is 7.05 Å². The molecular weight excluding hydrogens is 192 g/mol. The number of aromatic nitrogens is 2. The lowest BCUT2D eigenvalue weighted by molar-refractivity contribution is -0.107. The predicted molar refractivity (Wildman–Crippen MR) is 60.5 cm³/mol. The molecule has 88 valence electrons. The molecule has 4 heteroatoms. The van der Waals surface area contributed by atoms with E-state index >= 15 is 0 Å². The highest BCUT2D eigenvalue weighted by Crippen LogP contribution is 2.19. The van der Waals surface area contributed by atoms with Gasteiger partial charge in [0.2, 0.25) is 0 Å². The quantitative estimate of drug-likeness (QED) is 0.740. The summed E-state index contributed by atoms with van der Waals surface area (Å²) in [6.07, 6.45) is 3.81. The summed E-state index contributed by atoms with van der Waals surface area (Å²) in [5, 5.41) is 22.1. The van der Waals surface area contributed by atoms with Gasteiger partial charge in [0.25, 0.3) is 0 Å². The van der Waals surface area contributed by atoms with Crippen molar-refractivity contribution >= 4 is 0 Å². The van der Waals surface area contributed by atoms with E-state index in [1.807, 2.05) is 26.4 Å². The second kappa shape index (κ2) is 4.77. The van der Waals surface area contributed by atoms with Crippen LogP contribution in [-0.4, -0.2) is 31.2 Å². The fourth-order valence-electron chi connectivity index (χ4n) is 0.544. The van der Waals surface area contributed by atoms with Gasteiger partial charge < -0.3 is 10.2 Å². The summed E-state index contributed by atoms with van der Waals surface area (Å²) in [4.78, 5) is 0. The molecule has 0 radical (unpaired) electrons. The Bertz CT molecular complexity index is 264. The molecule has 0 atom stereocenters. The fraction of sp³-hybridized carbons (Fsp3) is 0.727. The third-order valence-electron chi connectivity index (χ3n) is 2.33. The summed E-state index contributed by atoms with van der Waals surface area (Å²) >= 11 is 0. The van der Waals surface area contributed by atoms with E-state index in [0.717, 1.165) is 0 Å². The van der Waals surface area contributed by atoms with Gasteiger partial charge in [0, 0.05) is 13.2 Å². The van der Waals surface area contributed by atoms with Crippen molar-refractivity contribution < 1.29 is 10.2 Å². The van der Waals surface area contributed by atoms with E-state index in [2.05, 4.69) is 5.10 Å².